The second-order valence-electron chi connectivity index (χ2n) is 4.25. The molecule has 0 aliphatic heterocycles. The first-order valence-electron chi connectivity index (χ1n) is 5.27. The van der Waals surface area contributed by atoms with Crippen LogP contribution in [0.5, 0.6) is 5.75 Å². The summed E-state index contributed by atoms with van der Waals surface area (Å²) < 4.78 is 5.20. The van der Waals surface area contributed by atoms with Crippen molar-refractivity contribution in [2.45, 2.75) is 25.2 Å². The molecule has 0 saturated heterocycles. The van der Waals surface area contributed by atoms with Crippen LogP contribution < -0.4 is 10.5 Å². The first kappa shape index (κ1) is 10.8. The monoisotopic (exact) mass is 220 g/mol. The molecular formula is C12H16N2O2. The molecule has 0 atom stereocenters. The minimum atomic E-state index is -0.270. The van der Waals surface area contributed by atoms with E-state index in [1.54, 1.807) is 7.11 Å². The minimum absolute atomic E-state index is 0.270. The van der Waals surface area contributed by atoms with Gasteiger partial charge in [0.25, 0.3) is 0 Å². The van der Waals surface area contributed by atoms with E-state index in [4.69, 9.17) is 15.7 Å². The Kier molecular flexibility index (Phi) is 2.50. The smallest absolute Gasteiger partial charge is 0.149 e. The molecule has 2 rings (SSSR count). The number of hydrogen-bond donors (Lipinski definition) is 2. The van der Waals surface area contributed by atoms with Gasteiger partial charge in [0.1, 0.15) is 11.6 Å². The fraction of sp³-hybridized carbons (Fsp3) is 0.417. The predicted octanol–water partition coefficient (Wildman–Crippen LogP) is 1.78. The highest BCUT2D eigenvalue weighted by molar-refractivity contribution is 5.94. The van der Waals surface area contributed by atoms with Crippen LogP contribution in [0.25, 0.3) is 0 Å². The lowest BCUT2D eigenvalue weighted by Crippen LogP contribution is -2.29. The summed E-state index contributed by atoms with van der Waals surface area (Å²) in [5.41, 5.74) is 7.74. The minimum Gasteiger partial charge on any atom is -0.497 e. The number of ether oxygens (including phenoxy) is 1. The van der Waals surface area contributed by atoms with Gasteiger partial charge in [0, 0.05) is 0 Å². The molecule has 16 heavy (non-hydrogen) atoms. The van der Waals surface area contributed by atoms with Gasteiger partial charge in [-0.05, 0) is 43.0 Å². The normalized spacial score (nSPS) is 18.2. The van der Waals surface area contributed by atoms with E-state index in [1.807, 2.05) is 25.1 Å². The number of nitrogens with two attached hydrogens (primary N) is 1. The Morgan fingerprint density at radius 3 is 2.69 bits per heavy atom. The second-order valence-corrected chi connectivity index (χ2v) is 4.25. The zero-order chi connectivity index (χ0) is 11.8. The molecule has 1 fully saturated rings. The summed E-state index contributed by atoms with van der Waals surface area (Å²) in [6.07, 6.45) is 1.85. The van der Waals surface area contributed by atoms with Gasteiger partial charge < -0.3 is 15.7 Å². The SMILES string of the molecule is COc1ccc(C)c(C2(/C(N)=N/O)CC2)c1. The summed E-state index contributed by atoms with van der Waals surface area (Å²) in [6, 6.07) is 5.89. The van der Waals surface area contributed by atoms with Crippen molar-refractivity contribution in [2.24, 2.45) is 10.9 Å². The molecule has 1 aliphatic rings. The summed E-state index contributed by atoms with van der Waals surface area (Å²) in [5, 5.41) is 12.0. The number of methoxy groups -OCH3 is 1. The maximum Gasteiger partial charge on any atom is 0.149 e. The van der Waals surface area contributed by atoms with Crippen LogP contribution in [0.15, 0.2) is 23.4 Å². The Bertz CT molecular complexity index is 437. The predicted molar refractivity (Wildman–Crippen MR) is 62.1 cm³/mol. The number of aryl methyl sites for hydroxylation is 1. The van der Waals surface area contributed by atoms with E-state index in [9.17, 15) is 0 Å². The molecule has 0 amide bonds. The quantitative estimate of drug-likeness (QED) is 0.353. The molecule has 0 bridgehead atoms. The topological polar surface area (TPSA) is 67.8 Å². The van der Waals surface area contributed by atoms with E-state index in [-0.39, 0.29) is 5.41 Å². The Hall–Kier alpha value is -1.71. The van der Waals surface area contributed by atoms with Crippen LogP contribution in [0.3, 0.4) is 0 Å². The van der Waals surface area contributed by atoms with E-state index in [0.29, 0.717) is 5.84 Å². The molecule has 0 spiro atoms. The summed E-state index contributed by atoms with van der Waals surface area (Å²) in [5.74, 6) is 1.10. The average molecular weight is 220 g/mol. The van der Waals surface area contributed by atoms with Crippen LogP contribution in [-0.4, -0.2) is 18.2 Å². The van der Waals surface area contributed by atoms with Crippen molar-refractivity contribution in [1.82, 2.24) is 0 Å². The van der Waals surface area contributed by atoms with Crippen LogP contribution in [0.1, 0.15) is 24.0 Å². The fourth-order valence-corrected chi connectivity index (χ4v) is 2.13. The third-order valence-corrected chi connectivity index (χ3v) is 3.31. The summed E-state index contributed by atoms with van der Waals surface area (Å²) in [7, 11) is 1.64. The molecular weight excluding hydrogens is 204 g/mol. The van der Waals surface area contributed by atoms with Gasteiger partial charge >= 0.3 is 0 Å². The van der Waals surface area contributed by atoms with E-state index < -0.39 is 0 Å². The van der Waals surface area contributed by atoms with Gasteiger partial charge in [-0.15, -0.1) is 0 Å². The van der Waals surface area contributed by atoms with Crippen molar-refractivity contribution >= 4 is 5.84 Å². The Labute approximate surface area is 94.7 Å². The Morgan fingerprint density at radius 2 is 2.19 bits per heavy atom. The van der Waals surface area contributed by atoms with E-state index >= 15 is 0 Å². The molecule has 3 N–H and O–H groups in total. The molecule has 4 heteroatoms. The number of hydrogen-bond acceptors (Lipinski definition) is 3. The highest BCUT2D eigenvalue weighted by Crippen LogP contribution is 2.50. The van der Waals surface area contributed by atoms with Gasteiger partial charge in [-0.3, -0.25) is 0 Å². The van der Waals surface area contributed by atoms with Crippen molar-refractivity contribution in [3.63, 3.8) is 0 Å². The first-order valence-corrected chi connectivity index (χ1v) is 5.27. The zero-order valence-corrected chi connectivity index (χ0v) is 9.53. The Balaban J connectivity index is 2.47. The van der Waals surface area contributed by atoms with Gasteiger partial charge in [0.15, 0.2) is 0 Å². The molecule has 4 nitrogen and oxygen atoms in total. The summed E-state index contributed by atoms with van der Waals surface area (Å²) >= 11 is 0. The van der Waals surface area contributed by atoms with E-state index in [2.05, 4.69) is 5.16 Å². The number of amidine groups is 1. The first-order chi connectivity index (χ1) is 7.64. The molecule has 0 unspecified atom stereocenters. The van der Waals surface area contributed by atoms with Gasteiger partial charge in [-0.1, -0.05) is 11.2 Å². The molecule has 0 aromatic heterocycles. The largest absolute Gasteiger partial charge is 0.497 e. The maximum atomic E-state index is 8.82. The van der Waals surface area contributed by atoms with E-state index in [0.717, 1.165) is 29.7 Å². The van der Waals surface area contributed by atoms with Crippen molar-refractivity contribution < 1.29 is 9.94 Å². The van der Waals surface area contributed by atoms with E-state index in [1.165, 1.54) is 0 Å². The third-order valence-electron chi connectivity index (χ3n) is 3.31. The van der Waals surface area contributed by atoms with Gasteiger partial charge in [0.2, 0.25) is 0 Å². The van der Waals surface area contributed by atoms with Gasteiger partial charge in [-0.25, -0.2) is 0 Å². The van der Waals surface area contributed by atoms with Gasteiger partial charge in [-0.2, -0.15) is 0 Å². The van der Waals surface area contributed by atoms with Crippen molar-refractivity contribution in [3.05, 3.63) is 29.3 Å². The zero-order valence-electron chi connectivity index (χ0n) is 9.53. The lowest BCUT2D eigenvalue weighted by Gasteiger charge is -2.17. The lowest BCUT2D eigenvalue weighted by atomic mass is 9.90. The average Bonchev–Trinajstić information content (AvgIpc) is 3.10. The molecule has 0 heterocycles. The lowest BCUT2D eigenvalue weighted by molar-refractivity contribution is 0.315. The van der Waals surface area contributed by atoms with Crippen LogP contribution in [0.4, 0.5) is 0 Å². The number of oxime groups is 1. The molecule has 1 saturated carbocycles. The van der Waals surface area contributed by atoms with Crippen LogP contribution in [-0.2, 0) is 5.41 Å². The summed E-state index contributed by atoms with van der Waals surface area (Å²) in [6.45, 7) is 2.03. The molecule has 86 valence electrons. The molecule has 1 aromatic carbocycles. The molecule has 0 radical (unpaired) electrons. The summed E-state index contributed by atoms with van der Waals surface area (Å²) in [4.78, 5) is 0. The maximum absolute atomic E-state index is 8.82. The van der Waals surface area contributed by atoms with Gasteiger partial charge in [0.05, 0.1) is 12.5 Å². The number of benzene rings is 1. The van der Waals surface area contributed by atoms with Crippen molar-refractivity contribution in [3.8, 4) is 5.75 Å². The number of nitrogens with zero attached hydrogens (tertiary/aromatic N) is 1. The highest BCUT2D eigenvalue weighted by atomic mass is 16.5. The fourth-order valence-electron chi connectivity index (χ4n) is 2.13. The third kappa shape index (κ3) is 1.50. The molecule has 1 aliphatic carbocycles. The van der Waals surface area contributed by atoms with Crippen LogP contribution in [0.2, 0.25) is 0 Å². The van der Waals surface area contributed by atoms with Crippen molar-refractivity contribution in [1.29, 1.82) is 0 Å². The van der Waals surface area contributed by atoms with Crippen LogP contribution >= 0.6 is 0 Å². The Morgan fingerprint density at radius 1 is 1.50 bits per heavy atom. The standard InChI is InChI=1S/C12H16N2O2/c1-8-3-4-9(16-2)7-10(8)12(5-6-12)11(13)14-15/h3-4,7,15H,5-6H2,1-2H3,(H2,13,14). The molecule has 1 aromatic rings. The highest BCUT2D eigenvalue weighted by Gasteiger charge is 2.49. The van der Waals surface area contributed by atoms with Crippen LogP contribution in [0, 0.1) is 6.92 Å². The van der Waals surface area contributed by atoms with Crippen molar-refractivity contribution in [2.75, 3.05) is 7.11 Å². The second kappa shape index (κ2) is 3.70. The number of rotatable bonds is 3.